The fourth-order valence-electron chi connectivity index (χ4n) is 2.37. The van der Waals surface area contributed by atoms with Gasteiger partial charge in [0.1, 0.15) is 5.69 Å². The number of fused-ring (bicyclic) bond motifs is 1. The standard InChI is InChI=1S/C18H21N5O2S2/c1-10-6-7-12(8-11(10)2)19-13(24)9-26-17-22-23-15(25)14(18(3,4)5)20-21-16(23)27-17/h6-8H,9H2,1-5H3,(H,19,24). The molecule has 1 aromatic carbocycles. The van der Waals surface area contributed by atoms with E-state index < -0.39 is 5.41 Å². The average molecular weight is 404 g/mol. The van der Waals surface area contributed by atoms with Gasteiger partial charge in [0.2, 0.25) is 10.9 Å². The molecule has 0 spiro atoms. The molecule has 0 unspecified atom stereocenters. The van der Waals surface area contributed by atoms with Crippen LogP contribution in [0.5, 0.6) is 0 Å². The maximum Gasteiger partial charge on any atom is 0.297 e. The summed E-state index contributed by atoms with van der Waals surface area (Å²) in [5.41, 5.74) is 2.76. The average Bonchev–Trinajstić information content (AvgIpc) is 3.00. The Hall–Kier alpha value is -2.26. The first-order valence-electron chi connectivity index (χ1n) is 8.42. The Kier molecular flexibility index (Phi) is 5.34. The summed E-state index contributed by atoms with van der Waals surface area (Å²) in [7, 11) is 0. The number of nitrogens with zero attached hydrogens (tertiary/aromatic N) is 4. The van der Waals surface area contributed by atoms with E-state index in [2.05, 4.69) is 20.6 Å². The maximum absolute atomic E-state index is 12.5. The number of aromatic nitrogens is 4. The van der Waals surface area contributed by atoms with Crippen molar-refractivity contribution in [3.63, 3.8) is 0 Å². The first kappa shape index (κ1) is 19.5. The number of benzene rings is 1. The number of amides is 1. The van der Waals surface area contributed by atoms with Crippen LogP contribution in [0.25, 0.3) is 4.96 Å². The van der Waals surface area contributed by atoms with Crippen LogP contribution in [-0.4, -0.2) is 31.5 Å². The van der Waals surface area contributed by atoms with Crippen LogP contribution in [0.3, 0.4) is 0 Å². The Balaban J connectivity index is 1.71. The van der Waals surface area contributed by atoms with E-state index in [9.17, 15) is 9.59 Å². The quantitative estimate of drug-likeness (QED) is 0.673. The molecule has 1 amide bonds. The number of hydrogen-bond donors (Lipinski definition) is 1. The van der Waals surface area contributed by atoms with Crippen LogP contribution in [-0.2, 0) is 10.2 Å². The van der Waals surface area contributed by atoms with Crippen LogP contribution in [0, 0.1) is 13.8 Å². The van der Waals surface area contributed by atoms with Gasteiger partial charge in [0.05, 0.1) is 5.75 Å². The number of rotatable bonds is 4. The molecule has 0 saturated carbocycles. The number of anilines is 1. The van der Waals surface area contributed by atoms with Crippen LogP contribution in [0.2, 0.25) is 0 Å². The molecule has 3 aromatic rings. The lowest BCUT2D eigenvalue weighted by Crippen LogP contribution is -2.30. The minimum absolute atomic E-state index is 0.128. The summed E-state index contributed by atoms with van der Waals surface area (Å²) in [6, 6.07) is 5.80. The molecule has 9 heteroatoms. The number of carbonyl (C=O) groups is 1. The summed E-state index contributed by atoms with van der Waals surface area (Å²) in [5, 5.41) is 15.3. The van der Waals surface area contributed by atoms with Crippen LogP contribution in [0.15, 0.2) is 27.3 Å². The number of hydrogen-bond acceptors (Lipinski definition) is 7. The third kappa shape index (κ3) is 4.36. The number of thioether (sulfide) groups is 1. The minimum Gasteiger partial charge on any atom is -0.325 e. The summed E-state index contributed by atoms with van der Waals surface area (Å²) in [4.78, 5) is 25.2. The van der Waals surface area contributed by atoms with E-state index in [0.29, 0.717) is 15.0 Å². The highest BCUT2D eigenvalue weighted by molar-refractivity contribution is 8.01. The second-order valence-corrected chi connectivity index (χ2v) is 9.48. The van der Waals surface area contributed by atoms with Gasteiger partial charge in [-0.05, 0) is 37.1 Å². The van der Waals surface area contributed by atoms with Crippen LogP contribution in [0.1, 0.15) is 37.6 Å². The van der Waals surface area contributed by atoms with Crippen molar-refractivity contribution >= 4 is 39.7 Å². The van der Waals surface area contributed by atoms with Crippen molar-refractivity contribution in [3.05, 3.63) is 45.4 Å². The summed E-state index contributed by atoms with van der Waals surface area (Å²) < 4.78 is 1.87. The van der Waals surface area contributed by atoms with Gasteiger partial charge in [-0.1, -0.05) is 49.9 Å². The highest BCUT2D eigenvalue weighted by Crippen LogP contribution is 2.24. The third-order valence-corrected chi connectivity index (χ3v) is 6.03. The zero-order valence-electron chi connectivity index (χ0n) is 15.9. The fraction of sp³-hybridized carbons (Fsp3) is 0.389. The first-order valence-corrected chi connectivity index (χ1v) is 10.2. The Labute approximate surface area is 165 Å². The van der Waals surface area contributed by atoms with Gasteiger partial charge in [0, 0.05) is 11.1 Å². The molecule has 0 aliphatic heterocycles. The van der Waals surface area contributed by atoms with Crippen molar-refractivity contribution in [1.82, 2.24) is 19.8 Å². The van der Waals surface area contributed by atoms with Crippen molar-refractivity contribution in [2.75, 3.05) is 11.1 Å². The van der Waals surface area contributed by atoms with Gasteiger partial charge in [-0.3, -0.25) is 9.59 Å². The van der Waals surface area contributed by atoms with Crippen LogP contribution < -0.4 is 10.9 Å². The molecule has 27 heavy (non-hydrogen) atoms. The molecule has 7 nitrogen and oxygen atoms in total. The number of nitrogens with one attached hydrogen (secondary N) is 1. The third-order valence-electron chi connectivity index (χ3n) is 4.00. The Morgan fingerprint density at radius 2 is 1.96 bits per heavy atom. The van der Waals surface area contributed by atoms with Crippen molar-refractivity contribution in [2.45, 2.75) is 44.4 Å². The van der Waals surface area contributed by atoms with Gasteiger partial charge in [-0.2, -0.15) is 4.52 Å². The lowest BCUT2D eigenvalue weighted by Gasteiger charge is -2.14. The van der Waals surface area contributed by atoms with Crippen molar-refractivity contribution in [2.24, 2.45) is 0 Å². The molecule has 0 saturated heterocycles. The molecule has 1 N–H and O–H groups in total. The van der Waals surface area contributed by atoms with Gasteiger partial charge in [-0.15, -0.1) is 15.3 Å². The zero-order valence-corrected chi connectivity index (χ0v) is 17.5. The van der Waals surface area contributed by atoms with Gasteiger partial charge in [-0.25, -0.2) is 0 Å². The highest BCUT2D eigenvalue weighted by Gasteiger charge is 2.23. The molecular formula is C18H21N5O2S2. The maximum atomic E-state index is 12.5. The van der Waals surface area contributed by atoms with E-state index in [4.69, 9.17) is 0 Å². The van der Waals surface area contributed by atoms with Gasteiger partial charge in [0.25, 0.3) is 5.56 Å². The molecule has 0 aliphatic rings. The van der Waals surface area contributed by atoms with E-state index in [1.54, 1.807) is 0 Å². The fourth-order valence-corrected chi connectivity index (χ4v) is 4.04. The van der Waals surface area contributed by atoms with Gasteiger partial charge >= 0.3 is 0 Å². The van der Waals surface area contributed by atoms with Crippen molar-refractivity contribution in [3.8, 4) is 0 Å². The monoisotopic (exact) mass is 403 g/mol. The number of carbonyl (C=O) groups excluding carboxylic acids is 1. The predicted octanol–water partition coefficient (Wildman–Crippen LogP) is 3.19. The normalized spacial score (nSPS) is 11.7. The largest absolute Gasteiger partial charge is 0.325 e. The molecule has 0 atom stereocenters. The number of aryl methyl sites for hydroxylation is 2. The second kappa shape index (κ2) is 7.40. The molecule has 0 bridgehead atoms. The molecule has 3 rings (SSSR count). The van der Waals surface area contributed by atoms with E-state index in [0.717, 1.165) is 11.3 Å². The Morgan fingerprint density at radius 3 is 2.63 bits per heavy atom. The second-order valence-electron chi connectivity index (χ2n) is 7.30. The topological polar surface area (TPSA) is 89.3 Å². The van der Waals surface area contributed by atoms with Crippen molar-refractivity contribution < 1.29 is 4.79 Å². The Bertz CT molecular complexity index is 1070. The van der Waals surface area contributed by atoms with E-state index in [1.807, 2.05) is 52.8 Å². The molecule has 2 heterocycles. The van der Waals surface area contributed by atoms with Crippen LogP contribution >= 0.6 is 23.1 Å². The smallest absolute Gasteiger partial charge is 0.297 e. The highest BCUT2D eigenvalue weighted by atomic mass is 32.2. The first-order chi connectivity index (χ1) is 12.6. The molecular weight excluding hydrogens is 382 g/mol. The molecule has 0 fully saturated rings. The Morgan fingerprint density at radius 1 is 1.22 bits per heavy atom. The lowest BCUT2D eigenvalue weighted by atomic mass is 9.93. The van der Waals surface area contributed by atoms with E-state index in [-0.39, 0.29) is 17.2 Å². The molecule has 142 valence electrons. The van der Waals surface area contributed by atoms with Crippen LogP contribution in [0.4, 0.5) is 5.69 Å². The van der Waals surface area contributed by atoms with Crippen molar-refractivity contribution in [1.29, 1.82) is 0 Å². The summed E-state index contributed by atoms with van der Waals surface area (Å²) >= 11 is 2.52. The molecule has 2 aromatic heterocycles. The zero-order chi connectivity index (χ0) is 19.8. The summed E-state index contributed by atoms with van der Waals surface area (Å²) in [5.74, 6) is 0.0671. The SMILES string of the molecule is Cc1ccc(NC(=O)CSc2nn3c(=O)c(C(C)(C)C)nnc3s2)cc1C. The molecule has 0 radical (unpaired) electrons. The van der Waals surface area contributed by atoms with Gasteiger partial charge in [0.15, 0.2) is 4.34 Å². The molecule has 0 aliphatic carbocycles. The predicted molar refractivity (Wildman–Crippen MR) is 109 cm³/mol. The summed E-state index contributed by atoms with van der Waals surface area (Å²) in [6.07, 6.45) is 0. The lowest BCUT2D eigenvalue weighted by molar-refractivity contribution is -0.113. The van der Waals surface area contributed by atoms with E-state index in [1.165, 1.54) is 33.2 Å². The van der Waals surface area contributed by atoms with E-state index >= 15 is 0 Å². The van der Waals surface area contributed by atoms with Gasteiger partial charge < -0.3 is 5.32 Å². The minimum atomic E-state index is -0.408. The summed E-state index contributed by atoms with van der Waals surface area (Å²) in [6.45, 7) is 9.75.